The summed E-state index contributed by atoms with van der Waals surface area (Å²) in [4.78, 5) is 35.0. The van der Waals surface area contributed by atoms with Gasteiger partial charge in [0.1, 0.15) is 0 Å². The van der Waals surface area contributed by atoms with Crippen LogP contribution in [-0.4, -0.2) is 44.6 Å². The Morgan fingerprint density at radius 2 is 1.53 bits per heavy atom. The molecule has 0 aromatic rings. The van der Waals surface area contributed by atoms with E-state index in [0.29, 0.717) is 0 Å². The highest BCUT2D eigenvalue weighted by atomic mass is 35.5. The minimum Gasteiger partial charge on any atom is -0.469 e. The Labute approximate surface area is 103 Å². The van der Waals surface area contributed by atoms with Crippen molar-refractivity contribution in [2.24, 2.45) is 11.3 Å². The summed E-state index contributed by atoms with van der Waals surface area (Å²) in [5.74, 6) is -3.41. The van der Waals surface area contributed by atoms with Crippen LogP contribution in [0.1, 0.15) is 6.42 Å². The summed E-state index contributed by atoms with van der Waals surface area (Å²) < 4.78 is 13.6. The van der Waals surface area contributed by atoms with Gasteiger partial charge in [0, 0.05) is 0 Å². The first kappa shape index (κ1) is 13.8. The van der Waals surface area contributed by atoms with Crippen molar-refractivity contribution in [2.45, 2.75) is 11.8 Å². The van der Waals surface area contributed by atoms with E-state index >= 15 is 0 Å². The highest BCUT2D eigenvalue weighted by molar-refractivity contribution is 6.28. The molecule has 0 aliphatic heterocycles. The molecule has 0 bridgehead atoms. The van der Waals surface area contributed by atoms with Crippen LogP contribution in [0.3, 0.4) is 0 Å². The number of ether oxygens (including phenoxy) is 3. The molecule has 0 unspecified atom stereocenters. The van der Waals surface area contributed by atoms with E-state index in [9.17, 15) is 14.4 Å². The third kappa shape index (κ3) is 1.76. The summed E-state index contributed by atoms with van der Waals surface area (Å²) in [6, 6.07) is 0. The predicted octanol–water partition coefficient (Wildman–Crippen LogP) is 0.119. The molecule has 1 saturated carbocycles. The molecular weight excluding hydrogens is 252 g/mol. The molecule has 1 rings (SSSR count). The largest absolute Gasteiger partial charge is 0.469 e. The molecule has 0 saturated heterocycles. The summed E-state index contributed by atoms with van der Waals surface area (Å²) in [6.07, 6.45) is 0.165. The van der Waals surface area contributed by atoms with Crippen molar-refractivity contribution in [3.05, 3.63) is 0 Å². The Morgan fingerprint density at radius 1 is 1.06 bits per heavy atom. The molecular formula is C10H13ClO6. The molecule has 1 aliphatic carbocycles. The highest BCUT2D eigenvalue weighted by Crippen LogP contribution is 2.52. The lowest BCUT2D eigenvalue weighted by Gasteiger charge is -2.46. The molecule has 6 nitrogen and oxygen atoms in total. The van der Waals surface area contributed by atoms with Crippen molar-refractivity contribution in [1.82, 2.24) is 0 Å². The zero-order valence-corrected chi connectivity index (χ0v) is 10.4. The van der Waals surface area contributed by atoms with Gasteiger partial charge in [-0.15, -0.1) is 11.6 Å². The van der Waals surface area contributed by atoms with E-state index < -0.39 is 34.6 Å². The smallest absolute Gasteiger partial charge is 0.325 e. The van der Waals surface area contributed by atoms with E-state index in [0.717, 1.165) is 14.2 Å². The number of hydrogen-bond acceptors (Lipinski definition) is 6. The summed E-state index contributed by atoms with van der Waals surface area (Å²) >= 11 is 5.91. The van der Waals surface area contributed by atoms with Crippen LogP contribution < -0.4 is 0 Å². The molecule has 96 valence electrons. The quantitative estimate of drug-likeness (QED) is 0.312. The standard InChI is InChI=1S/C10H13ClO6/c1-15-7(12)5-4-6(11)10(5,8(13)16-2)9(14)17-3/h5-6H,4H2,1-3H3/t5-,6-/m1/s1. The van der Waals surface area contributed by atoms with Crippen LogP contribution in [-0.2, 0) is 28.6 Å². The molecule has 0 aromatic carbocycles. The summed E-state index contributed by atoms with van der Waals surface area (Å²) in [5, 5.41) is -0.841. The molecule has 0 spiro atoms. The number of halogens is 1. The van der Waals surface area contributed by atoms with E-state index in [1.807, 2.05) is 0 Å². The molecule has 0 heterocycles. The first-order valence-electron chi connectivity index (χ1n) is 4.85. The number of carbonyl (C=O) groups excluding carboxylic acids is 3. The van der Waals surface area contributed by atoms with Crippen LogP contribution in [0, 0.1) is 11.3 Å². The van der Waals surface area contributed by atoms with Crippen LogP contribution in [0.2, 0.25) is 0 Å². The Bertz CT molecular complexity index is 337. The third-order valence-electron chi connectivity index (χ3n) is 3.02. The second-order valence-corrected chi connectivity index (χ2v) is 4.16. The average Bonchev–Trinajstić information content (AvgIpc) is 2.34. The lowest BCUT2D eigenvalue weighted by Crippen LogP contribution is -2.64. The lowest BCUT2D eigenvalue weighted by molar-refractivity contribution is -0.190. The van der Waals surface area contributed by atoms with Crippen molar-refractivity contribution in [2.75, 3.05) is 21.3 Å². The van der Waals surface area contributed by atoms with E-state index in [-0.39, 0.29) is 6.42 Å². The SMILES string of the molecule is COC(=O)[C@H]1C[C@@H](Cl)C1(C(=O)OC)C(=O)OC. The Morgan fingerprint density at radius 3 is 1.82 bits per heavy atom. The maximum atomic E-state index is 11.7. The zero-order valence-electron chi connectivity index (χ0n) is 9.69. The van der Waals surface area contributed by atoms with E-state index in [2.05, 4.69) is 14.2 Å². The van der Waals surface area contributed by atoms with Crippen molar-refractivity contribution in [3.8, 4) is 0 Å². The molecule has 1 fully saturated rings. The van der Waals surface area contributed by atoms with Gasteiger partial charge in [0.05, 0.1) is 32.6 Å². The second kappa shape index (κ2) is 4.91. The van der Waals surface area contributed by atoms with Gasteiger partial charge in [-0.2, -0.15) is 0 Å². The van der Waals surface area contributed by atoms with E-state index in [4.69, 9.17) is 11.6 Å². The minimum atomic E-state index is -1.79. The van der Waals surface area contributed by atoms with Gasteiger partial charge < -0.3 is 14.2 Å². The fraction of sp³-hybridized carbons (Fsp3) is 0.700. The average molecular weight is 265 g/mol. The van der Waals surface area contributed by atoms with Crippen molar-refractivity contribution in [1.29, 1.82) is 0 Å². The Hall–Kier alpha value is -1.30. The van der Waals surface area contributed by atoms with E-state index in [1.165, 1.54) is 7.11 Å². The zero-order chi connectivity index (χ0) is 13.2. The normalized spacial score (nSPS) is 25.4. The van der Waals surface area contributed by atoms with Gasteiger partial charge >= 0.3 is 17.9 Å². The second-order valence-electron chi connectivity index (χ2n) is 3.63. The van der Waals surface area contributed by atoms with Crippen LogP contribution >= 0.6 is 11.6 Å². The van der Waals surface area contributed by atoms with Crippen LogP contribution in [0.25, 0.3) is 0 Å². The monoisotopic (exact) mass is 264 g/mol. The Kier molecular flexibility index (Phi) is 3.98. The number of rotatable bonds is 3. The molecule has 2 atom stereocenters. The molecule has 17 heavy (non-hydrogen) atoms. The van der Waals surface area contributed by atoms with Gasteiger partial charge in [0.2, 0.25) is 0 Å². The van der Waals surface area contributed by atoms with Crippen molar-refractivity contribution < 1.29 is 28.6 Å². The van der Waals surface area contributed by atoms with Gasteiger partial charge in [-0.05, 0) is 6.42 Å². The maximum absolute atomic E-state index is 11.7. The number of alkyl halides is 1. The van der Waals surface area contributed by atoms with Crippen molar-refractivity contribution in [3.63, 3.8) is 0 Å². The van der Waals surface area contributed by atoms with Crippen LogP contribution in [0.5, 0.6) is 0 Å². The topological polar surface area (TPSA) is 78.9 Å². The first-order chi connectivity index (χ1) is 7.96. The number of hydrogen-bond donors (Lipinski definition) is 0. The van der Waals surface area contributed by atoms with Crippen LogP contribution in [0.4, 0.5) is 0 Å². The van der Waals surface area contributed by atoms with E-state index in [1.54, 1.807) is 0 Å². The fourth-order valence-electron chi connectivity index (χ4n) is 2.02. The van der Waals surface area contributed by atoms with Crippen molar-refractivity contribution >= 4 is 29.5 Å². The maximum Gasteiger partial charge on any atom is 0.325 e. The summed E-state index contributed by atoms with van der Waals surface area (Å²) in [7, 11) is 3.40. The predicted molar refractivity (Wildman–Crippen MR) is 56.2 cm³/mol. The molecule has 0 radical (unpaired) electrons. The van der Waals surface area contributed by atoms with Gasteiger partial charge in [-0.3, -0.25) is 14.4 Å². The number of carbonyl (C=O) groups is 3. The summed E-state index contributed by atoms with van der Waals surface area (Å²) in [5.41, 5.74) is -1.79. The van der Waals surface area contributed by atoms with Crippen LogP contribution in [0.15, 0.2) is 0 Å². The van der Waals surface area contributed by atoms with Gasteiger partial charge in [0.25, 0.3) is 0 Å². The molecule has 0 amide bonds. The van der Waals surface area contributed by atoms with Gasteiger partial charge in [-0.25, -0.2) is 0 Å². The highest BCUT2D eigenvalue weighted by Gasteiger charge is 2.70. The minimum absolute atomic E-state index is 0.165. The molecule has 0 aromatic heterocycles. The molecule has 1 aliphatic rings. The third-order valence-corrected chi connectivity index (χ3v) is 3.54. The van der Waals surface area contributed by atoms with Gasteiger partial charge in [-0.1, -0.05) is 0 Å². The lowest BCUT2D eigenvalue weighted by atomic mass is 9.59. The number of methoxy groups -OCH3 is 3. The van der Waals surface area contributed by atoms with Gasteiger partial charge in [0.15, 0.2) is 5.41 Å². The Balaban J connectivity index is 3.16. The fourth-order valence-corrected chi connectivity index (χ4v) is 2.53. The summed E-state index contributed by atoms with van der Waals surface area (Å²) in [6.45, 7) is 0. The first-order valence-corrected chi connectivity index (χ1v) is 5.29. The molecule has 7 heteroatoms. The molecule has 0 N–H and O–H groups in total. The number of esters is 3.